The number of thioether (sulfide) groups is 1. The second-order valence-corrected chi connectivity index (χ2v) is 8.20. The fourth-order valence-electron chi connectivity index (χ4n) is 2.23. The highest BCUT2D eigenvalue weighted by molar-refractivity contribution is 7.99. The van der Waals surface area contributed by atoms with Crippen LogP contribution in [0.3, 0.4) is 0 Å². The molecular formula is C19H30N4OS. The predicted molar refractivity (Wildman–Crippen MR) is 102 cm³/mol. The van der Waals surface area contributed by atoms with Crippen LogP contribution in [-0.2, 0) is 4.79 Å². The average molecular weight is 363 g/mol. The van der Waals surface area contributed by atoms with Crippen LogP contribution in [0.4, 0.5) is 0 Å². The van der Waals surface area contributed by atoms with Crippen molar-refractivity contribution in [3.05, 3.63) is 16.8 Å². The van der Waals surface area contributed by atoms with Crippen molar-refractivity contribution in [2.75, 3.05) is 18.8 Å². The zero-order valence-electron chi connectivity index (χ0n) is 16.3. The van der Waals surface area contributed by atoms with Crippen molar-refractivity contribution in [2.45, 2.75) is 59.4 Å². The van der Waals surface area contributed by atoms with Crippen molar-refractivity contribution in [1.82, 2.24) is 15.1 Å². The van der Waals surface area contributed by atoms with Crippen molar-refractivity contribution < 1.29 is 4.79 Å². The molecule has 1 aromatic rings. The van der Waals surface area contributed by atoms with E-state index in [0.717, 1.165) is 37.2 Å². The van der Waals surface area contributed by atoms with Gasteiger partial charge in [-0.1, -0.05) is 39.5 Å². The van der Waals surface area contributed by atoms with Gasteiger partial charge in [0.25, 0.3) is 0 Å². The van der Waals surface area contributed by atoms with Crippen molar-refractivity contribution in [2.24, 2.45) is 11.8 Å². The monoisotopic (exact) mass is 362 g/mol. The van der Waals surface area contributed by atoms with Crippen LogP contribution in [0.2, 0.25) is 0 Å². The third kappa shape index (κ3) is 7.03. The Balaban J connectivity index is 2.76. The molecule has 0 radical (unpaired) electrons. The van der Waals surface area contributed by atoms with Gasteiger partial charge in [0.1, 0.15) is 11.1 Å². The summed E-state index contributed by atoms with van der Waals surface area (Å²) in [5.74, 6) is 1.54. The summed E-state index contributed by atoms with van der Waals surface area (Å²) in [4.78, 5) is 14.6. The van der Waals surface area contributed by atoms with E-state index < -0.39 is 0 Å². The minimum absolute atomic E-state index is 0.107. The molecule has 0 bridgehead atoms. The SMILES string of the molecule is Cc1nnc(SCC(=O)N(CCC(C)C)CCC(C)C)c(C#N)c1C. The summed E-state index contributed by atoms with van der Waals surface area (Å²) in [6, 6.07) is 2.19. The molecule has 0 saturated heterocycles. The van der Waals surface area contributed by atoms with Crippen LogP contribution in [-0.4, -0.2) is 39.8 Å². The Morgan fingerprint density at radius 3 is 2.16 bits per heavy atom. The molecular weight excluding hydrogens is 332 g/mol. The lowest BCUT2D eigenvalue weighted by atomic mass is 10.1. The molecule has 0 aliphatic heterocycles. The Bertz CT molecular complexity index is 611. The fourth-order valence-corrected chi connectivity index (χ4v) is 3.11. The smallest absolute Gasteiger partial charge is 0.232 e. The van der Waals surface area contributed by atoms with Crippen molar-refractivity contribution in [3.63, 3.8) is 0 Å². The van der Waals surface area contributed by atoms with E-state index >= 15 is 0 Å². The van der Waals surface area contributed by atoms with Gasteiger partial charge in [-0.3, -0.25) is 4.79 Å². The molecule has 0 N–H and O–H groups in total. The van der Waals surface area contributed by atoms with Crippen molar-refractivity contribution in [3.8, 4) is 6.07 Å². The standard InChI is InChI=1S/C19H30N4OS/c1-13(2)7-9-23(10-8-14(3)4)18(24)12-25-19-17(11-20)15(5)16(6)21-22-19/h13-14H,7-10,12H2,1-6H3. The highest BCUT2D eigenvalue weighted by atomic mass is 32.2. The number of nitriles is 1. The van der Waals surface area contributed by atoms with Gasteiger partial charge in [-0.2, -0.15) is 10.4 Å². The first-order chi connectivity index (χ1) is 11.8. The number of aromatic nitrogens is 2. The second kappa shape index (κ2) is 10.4. The highest BCUT2D eigenvalue weighted by Crippen LogP contribution is 2.23. The van der Waals surface area contributed by atoms with E-state index in [9.17, 15) is 10.1 Å². The molecule has 5 nitrogen and oxygen atoms in total. The molecule has 0 saturated carbocycles. The molecule has 1 aromatic heterocycles. The number of aryl methyl sites for hydroxylation is 1. The van der Waals surface area contributed by atoms with Gasteiger partial charge < -0.3 is 4.90 Å². The molecule has 1 heterocycles. The number of amides is 1. The normalized spacial score (nSPS) is 11.0. The lowest BCUT2D eigenvalue weighted by Gasteiger charge is -2.24. The third-order valence-electron chi connectivity index (χ3n) is 4.17. The number of carbonyl (C=O) groups is 1. The maximum absolute atomic E-state index is 12.7. The van der Waals surface area contributed by atoms with Gasteiger partial charge in [-0.15, -0.1) is 5.10 Å². The van der Waals surface area contributed by atoms with Crippen LogP contribution in [0.1, 0.15) is 57.4 Å². The summed E-state index contributed by atoms with van der Waals surface area (Å²) in [7, 11) is 0. The predicted octanol–water partition coefficient (Wildman–Crippen LogP) is 3.98. The molecule has 0 atom stereocenters. The average Bonchev–Trinajstić information content (AvgIpc) is 2.55. The van der Waals surface area contributed by atoms with Crippen molar-refractivity contribution >= 4 is 17.7 Å². The van der Waals surface area contributed by atoms with Crippen LogP contribution < -0.4 is 0 Å². The molecule has 0 fully saturated rings. The first-order valence-corrected chi connectivity index (χ1v) is 9.89. The molecule has 0 aliphatic carbocycles. The van der Waals surface area contributed by atoms with E-state index in [1.165, 1.54) is 11.8 Å². The third-order valence-corrected chi connectivity index (χ3v) is 5.12. The summed E-state index contributed by atoms with van der Waals surface area (Å²) in [6.07, 6.45) is 2.00. The Hall–Kier alpha value is -1.61. The molecule has 1 amide bonds. The van der Waals surface area contributed by atoms with Crippen LogP contribution in [0.5, 0.6) is 0 Å². The number of nitrogens with zero attached hydrogens (tertiary/aromatic N) is 4. The van der Waals surface area contributed by atoms with Gasteiger partial charge in [0.15, 0.2) is 0 Å². The zero-order valence-corrected chi connectivity index (χ0v) is 17.1. The molecule has 0 unspecified atom stereocenters. The van der Waals surface area contributed by atoms with Crippen LogP contribution in [0.15, 0.2) is 5.03 Å². The van der Waals surface area contributed by atoms with Gasteiger partial charge in [0.2, 0.25) is 5.91 Å². The minimum Gasteiger partial charge on any atom is -0.342 e. The molecule has 138 valence electrons. The summed E-state index contributed by atoms with van der Waals surface area (Å²) in [6.45, 7) is 14.0. The molecule has 0 aliphatic rings. The number of hydrogen-bond acceptors (Lipinski definition) is 5. The van der Waals surface area contributed by atoms with E-state index in [1.807, 2.05) is 18.7 Å². The van der Waals surface area contributed by atoms with E-state index in [0.29, 0.717) is 28.2 Å². The largest absolute Gasteiger partial charge is 0.342 e. The molecule has 25 heavy (non-hydrogen) atoms. The van der Waals surface area contributed by atoms with Gasteiger partial charge in [-0.25, -0.2) is 0 Å². The number of hydrogen-bond donors (Lipinski definition) is 0. The van der Waals surface area contributed by atoms with Gasteiger partial charge in [0, 0.05) is 13.1 Å². The fraction of sp³-hybridized carbons (Fsp3) is 0.684. The van der Waals surface area contributed by atoms with E-state index in [2.05, 4.69) is 44.0 Å². The maximum atomic E-state index is 12.7. The summed E-state index contributed by atoms with van der Waals surface area (Å²) in [5, 5.41) is 18.1. The van der Waals surface area contributed by atoms with E-state index in [-0.39, 0.29) is 5.91 Å². The first-order valence-electron chi connectivity index (χ1n) is 8.90. The van der Waals surface area contributed by atoms with E-state index in [1.54, 1.807) is 0 Å². The van der Waals surface area contributed by atoms with Gasteiger partial charge >= 0.3 is 0 Å². The minimum atomic E-state index is 0.107. The highest BCUT2D eigenvalue weighted by Gasteiger charge is 2.17. The Kier molecular flexibility index (Phi) is 8.91. The molecule has 0 aromatic carbocycles. The zero-order chi connectivity index (χ0) is 19.0. The van der Waals surface area contributed by atoms with Crippen molar-refractivity contribution in [1.29, 1.82) is 5.26 Å². The number of carbonyl (C=O) groups excluding carboxylic acids is 1. The lowest BCUT2D eigenvalue weighted by Crippen LogP contribution is -2.35. The Labute approximate surface area is 156 Å². The first kappa shape index (κ1) is 21.4. The second-order valence-electron chi connectivity index (χ2n) is 7.24. The van der Waals surface area contributed by atoms with E-state index in [4.69, 9.17) is 0 Å². The van der Waals surface area contributed by atoms with Crippen LogP contribution in [0.25, 0.3) is 0 Å². The summed E-state index contributed by atoms with van der Waals surface area (Å²) < 4.78 is 0. The lowest BCUT2D eigenvalue weighted by molar-refractivity contribution is -0.128. The summed E-state index contributed by atoms with van der Waals surface area (Å²) >= 11 is 1.31. The topological polar surface area (TPSA) is 69.9 Å². The van der Waals surface area contributed by atoms with Crippen LogP contribution in [0, 0.1) is 37.0 Å². The molecule has 0 spiro atoms. The molecule has 6 heteroatoms. The molecule has 1 rings (SSSR count). The van der Waals surface area contributed by atoms with Gasteiger partial charge in [-0.05, 0) is 44.1 Å². The number of rotatable bonds is 9. The van der Waals surface area contributed by atoms with Crippen LogP contribution >= 0.6 is 11.8 Å². The quantitative estimate of drug-likeness (QED) is 0.622. The van der Waals surface area contributed by atoms with Gasteiger partial charge in [0.05, 0.1) is 17.0 Å². The Morgan fingerprint density at radius 1 is 1.12 bits per heavy atom. The summed E-state index contributed by atoms with van der Waals surface area (Å²) in [5.41, 5.74) is 2.12. The maximum Gasteiger partial charge on any atom is 0.232 e. The Morgan fingerprint density at radius 2 is 1.68 bits per heavy atom.